The Bertz CT molecular complexity index is 468. The third-order valence-electron chi connectivity index (χ3n) is 2.49. The maximum absolute atomic E-state index is 11.6. The normalized spacial score (nSPS) is 10.2. The summed E-state index contributed by atoms with van der Waals surface area (Å²) in [7, 11) is 0. The van der Waals surface area contributed by atoms with E-state index >= 15 is 0 Å². The first kappa shape index (κ1) is 12.8. The largest absolute Gasteiger partial charge is 0.367 e. The van der Waals surface area contributed by atoms with Crippen molar-refractivity contribution in [2.45, 2.75) is 17.9 Å². The second kappa shape index (κ2) is 6.91. The van der Waals surface area contributed by atoms with Crippen LogP contribution in [0, 0.1) is 0 Å². The molecule has 94 valence electrons. The Labute approximate surface area is 111 Å². The predicted molar refractivity (Wildman–Crippen MR) is 74.4 cm³/mol. The second-order valence-electron chi connectivity index (χ2n) is 3.91. The zero-order chi connectivity index (χ0) is 12.6. The molecule has 18 heavy (non-hydrogen) atoms. The minimum atomic E-state index is 0.0969. The molecule has 2 aromatic rings. The molecular weight excluding hydrogens is 244 g/mol. The molecule has 0 radical (unpaired) electrons. The van der Waals surface area contributed by atoms with Gasteiger partial charge in [-0.2, -0.15) is 0 Å². The lowest BCUT2D eigenvalue weighted by atomic mass is 10.3. The highest BCUT2D eigenvalue weighted by Crippen LogP contribution is 2.17. The van der Waals surface area contributed by atoms with Gasteiger partial charge in [0.1, 0.15) is 0 Å². The van der Waals surface area contributed by atoms with Crippen LogP contribution in [0.2, 0.25) is 0 Å². The molecule has 0 fully saturated rings. The van der Waals surface area contributed by atoms with Crippen LogP contribution in [0.5, 0.6) is 0 Å². The second-order valence-corrected chi connectivity index (χ2v) is 5.08. The molecule has 0 saturated carbocycles. The third kappa shape index (κ3) is 4.30. The van der Waals surface area contributed by atoms with Crippen LogP contribution in [0.1, 0.15) is 12.0 Å². The van der Waals surface area contributed by atoms with E-state index < -0.39 is 0 Å². The number of H-pyrrole nitrogens is 1. The Morgan fingerprint density at radius 1 is 1.22 bits per heavy atom. The lowest BCUT2D eigenvalue weighted by Gasteiger charge is -2.04. The zero-order valence-corrected chi connectivity index (χ0v) is 10.9. The Hall–Kier alpha value is -1.68. The molecule has 0 spiro atoms. The van der Waals surface area contributed by atoms with Gasteiger partial charge in [-0.3, -0.25) is 4.79 Å². The number of carbonyl (C=O) groups is 1. The average molecular weight is 260 g/mol. The Kier molecular flexibility index (Phi) is 4.90. The molecule has 3 nitrogen and oxygen atoms in total. The number of hydrogen-bond acceptors (Lipinski definition) is 2. The molecule has 0 aliphatic rings. The van der Waals surface area contributed by atoms with Gasteiger partial charge in [0, 0.05) is 36.0 Å². The van der Waals surface area contributed by atoms with Gasteiger partial charge in [0.25, 0.3) is 0 Å². The third-order valence-corrected chi connectivity index (χ3v) is 3.51. The monoisotopic (exact) mass is 260 g/mol. The van der Waals surface area contributed by atoms with Crippen LogP contribution in [0.15, 0.2) is 53.7 Å². The van der Waals surface area contributed by atoms with Crippen LogP contribution in [-0.4, -0.2) is 16.6 Å². The molecule has 2 rings (SSSR count). The summed E-state index contributed by atoms with van der Waals surface area (Å²) >= 11 is 1.71. The first-order chi connectivity index (χ1) is 8.84. The topological polar surface area (TPSA) is 44.9 Å². The van der Waals surface area contributed by atoms with Gasteiger partial charge < -0.3 is 10.3 Å². The van der Waals surface area contributed by atoms with Crippen molar-refractivity contribution >= 4 is 17.7 Å². The highest BCUT2D eigenvalue weighted by molar-refractivity contribution is 7.99. The number of nitrogens with one attached hydrogen (secondary N) is 2. The fourth-order valence-electron chi connectivity index (χ4n) is 1.54. The van der Waals surface area contributed by atoms with Crippen molar-refractivity contribution in [3.63, 3.8) is 0 Å². The van der Waals surface area contributed by atoms with Gasteiger partial charge in [-0.1, -0.05) is 18.2 Å². The fourth-order valence-corrected chi connectivity index (χ4v) is 2.41. The molecular formula is C14H16N2OS. The zero-order valence-electron chi connectivity index (χ0n) is 10.1. The summed E-state index contributed by atoms with van der Waals surface area (Å²) in [5.74, 6) is 0.905. The number of benzene rings is 1. The average Bonchev–Trinajstić information content (AvgIpc) is 2.91. The summed E-state index contributed by atoms with van der Waals surface area (Å²) < 4.78 is 0. The molecule has 1 heterocycles. The van der Waals surface area contributed by atoms with E-state index in [0.29, 0.717) is 13.0 Å². The number of thioether (sulfide) groups is 1. The quantitative estimate of drug-likeness (QED) is 0.784. The first-order valence-corrected chi connectivity index (χ1v) is 6.89. The molecule has 0 atom stereocenters. The minimum Gasteiger partial charge on any atom is -0.367 e. The van der Waals surface area contributed by atoms with E-state index in [1.54, 1.807) is 11.8 Å². The van der Waals surface area contributed by atoms with Crippen LogP contribution in [0.3, 0.4) is 0 Å². The van der Waals surface area contributed by atoms with Crippen molar-refractivity contribution in [3.8, 4) is 0 Å². The van der Waals surface area contributed by atoms with Crippen molar-refractivity contribution in [1.82, 2.24) is 10.3 Å². The Balaban J connectivity index is 1.63. The van der Waals surface area contributed by atoms with Crippen LogP contribution in [0.25, 0.3) is 0 Å². The molecule has 1 aromatic carbocycles. The fraction of sp³-hybridized carbons (Fsp3) is 0.214. The summed E-state index contributed by atoms with van der Waals surface area (Å²) in [6.45, 7) is 0.596. The van der Waals surface area contributed by atoms with Crippen LogP contribution in [0.4, 0.5) is 0 Å². The molecule has 4 heteroatoms. The molecule has 0 unspecified atom stereocenters. The van der Waals surface area contributed by atoms with Gasteiger partial charge in [-0.15, -0.1) is 11.8 Å². The van der Waals surface area contributed by atoms with E-state index in [1.165, 1.54) is 4.90 Å². The van der Waals surface area contributed by atoms with Crippen molar-refractivity contribution < 1.29 is 4.79 Å². The van der Waals surface area contributed by atoms with Crippen LogP contribution >= 0.6 is 11.8 Å². The standard InChI is InChI=1S/C14H16N2OS/c17-14(16-11-12-6-8-15-10-12)7-9-18-13-4-2-1-3-5-13/h1-6,8,10,15H,7,9,11H2,(H,16,17). The van der Waals surface area contributed by atoms with Crippen molar-refractivity contribution in [1.29, 1.82) is 0 Å². The molecule has 0 aliphatic carbocycles. The minimum absolute atomic E-state index is 0.0969. The van der Waals surface area contributed by atoms with Gasteiger partial charge >= 0.3 is 0 Å². The van der Waals surface area contributed by atoms with E-state index in [-0.39, 0.29) is 5.91 Å². The van der Waals surface area contributed by atoms with Crippen LogP contribution < -0.4 is 5.32 Å². The van der Waals surface area contributed by atoms with Gasteiger partial charge in [-0.25, -0.2) is 0 Å². The van der Waals surface area contributed by atoms with Gasteiger partial charge in [0.2, 0.25) is 5.91 Å². The number of carbonyl (C=O) groups excluding carboxylic acids is 1. The van der Waals surface area contributed by atoms with E-state index in [1.807, 2.05) is 36.7 Å². The molecule has 2 N–H and O–H groups in total. The molecule has 0 aliphatic heterocycles. The number of amides is 1. The van der Waals surface area contributed by atoms with Crippen molar-refractivity contribution in [3.05, 3.63) is 54.4 Å². The highest BCUT2D eigenvalue weighted by atomic mass is 32.2. The highest BCUT2D eigenvalue weighted by Gasteiger charge is 2.02. The number of aromatic amines is 1. The van der Waals surface area contributed by atoms with E-state index in [9.17, 15) is 4.79 Å². The number of aromatic nitrogens is 1. The maximum Gasteiger partial charge on any atom is 0.221 e. The number of rotatable bonds is 6. The van der Waals surface area contributed by atoms with E-state index in [0.717, 1.165) is 11.3 Å². The van der Waals surface area contributed by atoms with Crippen molar-refractivity contribution in [2.75, 3.05) is 5.75 Å². The van der Waals surface area contributed by atoms with E-state index in [2.05, 4.69) is 22.4 Å². The summed E-state index contributed by atoms with van der Waals surface area (Å²) in [6, 6.07) is 12.1. The first-order valence-electron chi connectivity index (χ1n) is 5.91. The molecule has 0 saturated heterocycles. The van der Waals surface area contributed by atoms with Gasteiger partial charge in [-0.05, 0) is 23.8 Å². The summed E-state index contributed by atoms with van der Waals surface area (Å²) in [6.07, 6.45) is 4.29. The maximum atomic E-state index is 11.6. The Morgan fingerprint density at radius 3 is 2.78 bits per heavy atom. The smallest absolute Gasteiger partial charge is 0.221 e. The van der Waals surface area contributed by atoms with Crippen LogP contribution in [-0.2, 0) is 11.3 Å². The van der Waals surface area contributed by atoms with Crippen molar-refractivity contribution in [2.24, 2.45) is 0 Å². The summed E-state index contributed by atoms with van der Waals surface area (Å²) in [5, 5.41) is 2.90. The van der Waals surface area contributed by atoms with Gasteiger partial charge in [0.15, 0.2) is 0 Å². The number of hydrogen-bond donors (Lipinski definition) is 2. The SMILES string of the molecule is O=C(CCSc1ccccc1)NCc1cc[nH]c1. The lowest BCUT2D eigenvalue weighted by Crippen LogP contribution is -2.22. The lowest BCUT2D eigenvalue weighted by molar-refractivity contribution is -0.120. The molecule has 1 aromatic heterocycles. The molecule has 0 bridgehead atoms. The summed E-state index contributed by atoms with van der Waals surface area (Å²) in [5.41, 5.74) is 1.10. The van der Waals surface area contributed by atoms with E-state index in [4.69, 9.17) is 0 Å². The molecule has 1 amide bonds. The Morgan fingerprint density at radius 2 is 2.06 bits per heavy atom. The summed E-state index contributed by atoms with van der Waals surface area (Å²) in [4.78, 5) is 15.8. The predicted octanol–water partition coefficient (Wildman–Crippen LogP) is 2.81. The van der Waals surface area contributed by atoms with Gasteiger partial charge in [0.05, 0.1) is 0 Å².